The van der Waals surface area contributed by atoms with E-state index in [9.17, 15) is 0 Å². The number of halogens is 1. The highest BCUT2D eigenvalue weighted by atomic mass is 35.5. The van der Waals surface area contributed by atoms with Crippen LogP contribution in [0.15, 0.2) is 12.1 Å². The average molecular weight is 246 g/mol. The molecule has 4 heteroatoms. The number of anilines is 1. The Balaban J connectivity index is 3.13. The maximum Gasteiger partial charge on any atom is 0.145 e. The van der Waals surface area contributed by atoms with Crippen LogP contribution in [0.4, 0.5) is 5.69 Å². The van der Waals surface area contributed by atoms with E-state index in [1.807, 2.05) is 26.1 Å². The molecule has 0 amide bonds. The number of hydrogen-bond donors (Lipinski definition) is 1. The van der Waals surface area contributed by atoms with Crippen molar-refractivity contribution < 1.29 is 4.74 Å². The average Bonchev–Trinajstić information content (AvgIpc) is 2.17. The third-order valence-electron chi connectivity index (χ3n) is 2.27. The van der Waals surface area contributed by atoms with Crippen molar-refractivity contribution in [3.05, 3.63) is 22.7 Å². The van der Waals surface area contributed by atoms with Crippen LogP contribution in [0.2, 0.25) is 5.02 Å². The van der Waals surface area contributed by atoms with E-state index < -0.39 is 0 Å². The van der Waals surface area contributed by atoms with Crippen LogP contribution in [0.3, 0.4) is 0 Å². The third-order valence-corrected chi connectivity index (χ3v) is 2.69. The molecule has 0 spiro atoms. The molecule has 0 saturated carbocycles. The van der Waals surface area contributed by atoms with E-state index in [-0.39, 0.29) is 0 Å². The SMILES string of the molecule is COc1c(C)cc(Cl)cc1N(C)CCS. The molecule has 0 saturated heterocycles. The summed E-state index contributed by atoms with van der Waals surface area (Å²) in [6.07, 6.45) is 0. The Morgan fingerprint density at radius 2 is 2.13 bits per heavy atom. The second-order valence-corrected chi connectivity index (χ2v) is 4.30. The number of thiol groups is 1. The van der Waals surface area contributed by atoms with Crippen molar-refractivity contribution in [3.8, 4) is 5.75 Å². The summed E-state index contributed by atoms with van der Waals surface area (Å²) in [6, 6.07) is 3.81. The summed E-state index contributed by atoms with van der Waals surface area (Å²) in [4.78, 5) is 2.09. The quantitative estimate of drug-likeness (QED) is 0.819. The van der Waals surface area contributed by atoms with Crippen molar-refractivity contribution in [1.82, 2.24) is 0 Å². The molecule has 0 unspecified atom stereocenters. The molecule has 0 aromatic heterocycles. The lowest BCUT2D eigenvalue weighted by Crippen LogP contribution is -2.20. The van der Waals surface area contributed by atoms with Crippen LogP contribution < -0.4 is 9.64 Å². The van der Waals surface area contributed by atoms with Gasteiger partial charge in [-0.1, -0.05) is 11.6 Å². The maximum atomic E-state index is 6.02. The van der Waals surface area contributed by atoms with Crippen LogP contribution >= 0.6 is 24.2 Å². The van der Waals surface area contributed by atoms with E-state index in [4.69, 9.17) is 16.3 Å². The van der Waals surface area contributed by atoms with E-state index >= 15 is 0 Å². The zero-order chi connectivity index (χ0) is 11.4. The van der Waals surface area contributed by atoms with Gasteiger partial charge < -0.3 is 9.64 Å². The largest absolute Gasteiger partial charge is 0.494 e. The highest BCUT2D eigenvalue weighted by molar-refractivity contribution is 7.80. The Morgan fingerprint density at radius 3 is 2.67 bits per heavy atom. The molecule has 0 radical (unpaired) electrons. The van der Waals surface area contributed by atoms with Crippen LogP contribution in [0.1, 0.15) is 5.56 Å². The van der Waals surface area contributed by atoms with Crippen LogP contribution in [0.25, 0.3) is 0 Å². The van der Waals surface area contributed by atoms with Gasteiger partial charge in [-0.2, -0.15) is 12.6 Å². The molecule has 0 bridgehead atoms. The number of ether oxygens (including phenoxy) is 1. The maximum absolute atomic E-state index is 6.02. The predicted molar refractivity (Wildman–Crippen MR) is 69.9 cm³/mol. The number of benzene rings is 1. The molecule has 84 valence electrons. The van der Waals surface area contributed by atoms with Crippen LogP contribution in [0.5, 0.6) is 5.75 Å². The minimum atomic E-state index is 0.731. The Hall–Kier alpha value is -0.540. The summed E-state index contributed by atoms with van der Waals surface area (Å²) >= 11 is 10.2. The van der Waals surface area contributed by atoms with E-state index in [0.717, 1.165) is 34.3 Å². The van der Waals surface area contributed by atoms with Crippen molar-refractivity contribution in [2.45, 2.75) is 6.92 Å². The lowest BCUT2D eigenvalue weighted by molar-refractivity contribution is 0.412. The third kappa shape index (κ3) is 2.95. The number of nitrogens with zero attached hydrogens (tertiary/aromatic N) is 1. The van der Waals surface area contributed by atoms with E-state index in [1.165, 1.54) is 0 Å². The van der Waals surface area contributed by atoms with Gasteiger partial charge in [-0.05, 0) is 24.6 Å². The molecular weight excluding hydrogens is 230 g/mol. The molecule has 2 nitrogen and oxygen atoms in total. The van der Waals surface area contributed by atoms with Crippen molar-refractivity contribution >= 4 is 29.9 Å². The summed E-state index contributed by atoms with van der Waals surface area (Å²) in [5.74, 6) is 1.68. The van der Waals surface area contributed by atoms with Crippen molar-refractivity contribution in [2.75, 3.05) is 31.4 Å². The topological polar surface area (TPSA) is 12.5 Å². The van der Waals surface area contributed by atoms with Crippen LogP contribution in [0, 0.1) is 6.92 Å². The van der Waals surface area contributed by atoms with Gasteiger partial charge in [0.25, 0.3) is 0 Å². The monoisotopic (exact) mass is 245 g/mol. The molecular formula is C11H16ClNOS. The van der Waals surface area contributed by atoms with Gasteiger partial charge in [0, 0.05) is 24.4 Å². The highest BCUT2D eigenvalue weighted by Crippen LogP contribution is 2.34. The fourth-order valence-corrected chi connectivity index (χ4v) is 2.10. The molecule has 0 N–H and O–H groups in total. The molecule has 0 atom stereocenters. The summed E-state index contributed by atoms with van der Waals surface area (Å²) in [7, 11) is 3.68. The Kier molecular flexibility index (Phi) is 4.61. The lowest BCUT2D eigenvalue weighted by atomic mass is 10.2. The van der Waals surface area contributed by atoms with Gasteiger partial charge in [-0.15, -0.1) is 0 Å². The molecule has 0 heterocycles. The van der Waals surface area contributed by atoms with Gasteiger partial charge in [0.05, 0.1) is 12.8 Å². The Bertz CT molecular complexity index is 344. The van der Waals surface area contributed by atoms with Crippen molar-refractivity contribution in [3.63, 3.8) is 0 Å². The molecule has 0 aliphatic carbocycles. The van der Waals surface area contributed by atoms with Gasteiger partial charge in [0.15, 0.2) is 0 Å². The second-order valence-electron chi connectivity index (χ2n) is 3.42. The lowest BCUT2D eigenvalue weighted by Gasteiger charge is -2.22. The fraction of sp³-hybridized carbons (Fsp3) is 0.455. The molecule has 0 fully saturated rings. The number of aryl methyl sites for hydroxylation is 1. The van der Waals surface area contributed by atoms with E-state index in [1.54, 1.807) is 7.11 Å². The van der Waals surface area contributed by atoms with Gasteiger partial charge in [-0.25, -0.2) is 0 Å². The summed E-state index contributed by atoms with van der Waals surface area (Å²) in [5, 5.41) is 0.731. The van der Waals surface area contributed by atoms with E-state index in [0.29, 0.717) is 0 Å². The predicted octanol–water partition coefficient (Wildman–Crippen LogP) is 3.02. The molecule has 1 aromatic carbocycles. The van der Waals surface area contributed by atoms with Gasteiger partial charge in [-0.3, -0.25) is 0 Å². The summed E-state index contributed by atoms with van der Waals surface area (Å²) in [5.41, 5.74) is 2.06. The minimum absolute atomic E-state index is 0.731. The van der Waals surface area contributed by atoms with Crippen molar-refractivity contribution in [1.29, 1.82) is 0 Å². The first-order valence-electron chi connectivity index (χ1n) is 4.76. The van der Waals surface area contributed by atoms with Crippen LogP contribution in [-0.2, 0) is 0 Å². The van der Waals surface area contributed by atoms with Crippen LogP contribution in [-0.4, -0.2) is 26.5 Å². The number of hydrogen-bond acceptors (Lipinski definition) is 3. The summed E-state index contributed by atoms with van der Waals surface area (Å²) < 4.78 is 5.37. The van der Waals surface area contributed by atoms with Gasteiger partial charge in [0.1, 0.15) is 5.75 Å². The first kappa shape index (κ1) is 12.5. The fourth-order valence-electron chi connectivity index (χ4n) is 1.53. The molecule has 0 aliphatic rings. The van der Waals surface area contributed by atoms with Gasteiger partial charge in [0.2, 0.25) is 0 Å². The Labute approximate surface area is 102 Å². The first-order valence-corrected chi connectivity index (χ1v) is 5.77. The second kappa shape index (κ2) is 5.52. The molecule has 15 heavy (non-hydrogen) atoms. The normalized spacial score (nSPS) is 10.2. The molecule has 1 rings (SSSR count). The summed E-state index contributed by atoms with van der Waals surface area (Å²) in [6.45, 7) is 2.85. The first-order chi connectivity index (χ1) is 7.10. The smallest absolute Gasteiger partial charge is 0.145 e. The minimum Gasteiger partial charge on any atom is -0.494 e. The molecule has 1 aromatic rings. The number of rotatable bonds is 4. The van der Waals surface area contributed by atoms with Crippen molar-refractivity contribution in [2.24, 2.45) is 0 Å². The zero-order valence-corrected chi connectivity index (χ0v) is 10.9. The van der Waals surface area contributed by atoms with E-state index in [2.05, 4.69) is 17.5 Å². The zero-order valence-electron chi connectivity index (χ0n) is 9.25. The Morgan fingerprint density at radius 1 is 1.47 bits per heavy atom. The number of methoxy groups -OCH3 is 1. The van der Waals surface area contributed by atoms with Gasteiger partial charge >= 0.3 is 0 Å². The standard InChI is InChI=1S/C11H16ClNOS/c1-8-6-9(12)7-10(11(8)14-3)13(2)4-5-15/h6-7,15H,4-5H2,1-3H3. The molecule has 0 aliphatic heterocycles. The highest BCUT2D eigenvalue weighted by Gasteiger charge is 2.11.